The summed E-state index contributed by atoms with van der Waals surface area (Å²) in [5.74, 6) is 0.362. The number of nitrogens with one attached hydrogen (secondary N) is 2. The van der Waals surface area contributed by atoms with E-state index < -0.39 is 0 Å². The van der Waals surface area contributed by atoms with Gasteiger partial charge in [0.25, 0.3) is 0 Å². The van der Waals surface area contributed by atoms with E-state index in [0.29, 0.717) is 10.9 Å². The van der Waals surface area contributed by atoms with Gasteiger partial charge in [0.05, 0.1) is 6.21 Å². The average Bonchev–Trinajstić information content (AvgIpc) is 2.55. The molecule has 2 rings (SSSR count). The van der Waals surface area contributed by atoms with E-state index in [1.54, 1.807) is 6.21 Å². The van der Waals surface area contributed by atoms with Crippen molar-refractivity contribution in [3.05, 3.63) is 59.2 Å². The molecule has 2 aromatic rings. The fourth-order valence-electron chi connectivity index (χ4n) is 2.72. The maximum Gasteiger partial charge on any atom is 0.191 e. The lowest BCUT2D eigenvalue weighted by atomic mass is 9.78. The Kier molecular flexibility index (Phi) is 6.26. The Morgan fingerprint density at radius 2 is 1.48 bits per heavy atom. The average molecular weight is 384 g/mol. The summed E-state index contributed by atoms with van der Waals surface area (Å²) in [5.41, 5.74) is 6.11. The normalized spacial score (nSPS) is 12.2. The highest BCUT2D eigenvalue weighted by Crippen LogP contribution is 2.39. The van der Waals surface area contributed by atoms with Crippen molar-refractivity contribution in [3.63, 3.8) is 0 Å². The Morgan fingerprint density at radius 3 is 1.96 bits per heavy atom. The highest BCUT2D eigenvalue weighted by Gasteiger charge is 2.26. The molecule has 2 aromatic carbocycles. The smallest absolute Gasteiger partial charge is 0.191 e. The van der Waals surface area contributed by atoms with E-state index in [0.717, 1.165) is 22.4 Å². The summed E-state index contributed by atoms with van der Waals surface area (Å²) in [6.07, 6.45) is 1.73. The van der Waals surface area contributed by atoms with E-state index >= 15 is 0 Å². The van der Waals surface area contributed by atoms with Crippen LogP contribution in [0.3, 0.4) is 0 Å². The predicted molar refractivity (Wildman–Crippen MR) is 119 cm³/mol. The molecule has 4 nitrogen and oxygen atoms in total. The molecule has 0 fully saturated rings. The van der Waals surface area contributed by atoms with Gasteiger partial charge in [-0.15, -0.1) is 0 Å². The first kappa shape index (κ1) is 20.9. The molecule has 0 aliphatic carbocycles. The largest absolute Gasteiger partial charge is 0.507 e. The van der Waals surface area contributed by atoms with Crippen LogP contribution in [0.5, 0.6) is 5.75 Å². The van der Waals surface area contributed by atoms with Crippen LogP contribution in [0.15, 0.2) is 47.6 Å². The maximum absolute atomic E-state index is 10.8. The van der Waals surface area contributed by atoms with Gasteiger partial charge >= 0.3 is 0 Å². The molecule has 0 aromatic heterocycles. The van der Waals surface area contributed by atoms with Gasteiger partial charge in [-0.25, -0.2) is 0 Å². The van der Waals surface area contributed by atoms with Crippen LogP contribution < -0.4 is 10.7 Å². The Labute approximate surface area is 167 Å². The molecule has 27 heavy (non-hydrogen) atoms. The zero-order valence-corrected chi connectivity index (χ0v) is 17.7. The van der Waals surface area contributed by atoms with Gasteiger partial charge in [0.1, 0.15) is 5.75 Å². The van der Waals surface area contributed by atoms with Crippen molar-refractivity contribution in [1.82, 2.24) is 5.43 Å². The zero-order valence-electron chi connectivity index (χ0n) is 16.9. The summed E-state index contributed by atoms with van der Waals surface area (Å²) < 4.78 is 0. The summed E-state index contributed by atoms with van der Waals surface area (Å²) in [5, 5.41) is 18.5. The van der Waals surface area contributed by atoms with Crippen molar-refractivity contribution < 1.29 is 5.11 Å². The quantitative estimate of drug-likeness (QED) is 0.382. The lowest BCUT2D eigenvalue weighted by Crippen LogP contribution is -2.24. The molecule has 0 spiro atoms. The Balaban J connectivity index is 2.22. The summed E-state index contributed by atoms with van der Waals surface area (Å²) in [4.78, 5) is 0. The van der Waals surface area contributed by atoms with Crippen LogP contribution in [0.4, 0.5) is 5.69 Å². The Morgan fingerprint density at radius 1 is 0.963 bits per heavy atom. The first-order chi connectivity index (χ1) is 12.5. The number of aromatic hydroxyl groups is 1. The van der Waals surface area contributed by atoms with E-state index in [1.807, 2.05) is 42.5 Å². The van der Waals surface area contributed by atoms with Crippen LogP contribution in [0.1, 0.15) is 58.2 Å². The molecule has 0 saturated heterocycles. The van der Waals surface area contributed by atoms with Crippen LogP contribution in [-0.4, -0.2) is 16.4 Å². The third-order valence-corrected chi connectivity index (χ3v) is 4.35. The second-order valence-electron chi connectivity index (χ2n) is 8.65. The maximum atomic E-state index is 10.8. The number of hydrazone groups is 1. The fourth-order valence-corrected chi connectivity index (χ4v) is 2.89. The molecular weight excluding hydrogens is 354 g/mol. The van der Waals surface area contributed by atoms with Gasteiger partial charge in [-0.1, -0.05) is 59.7 Å². The Bertz CT molecular complexity index is 796. The van der Waals surface area contributed by atoms with Crippen molar-refractivity contribution >= 4 is 29.2 Å². The molecule has 0 saturated carbocycles. The molecule has 0 bridgehead atoms. The van der Waals surface area contributed by atoms with Gasteiger partial charge in [0, 0.05) is 16.8 Å². The van der Waals surface area contributed by atoms with Gasteiger partial charge in [0.2, 0.25) is 0 Å². The highest BCUT2D eigenvalue weighted by atomic mass is 32.1. The second-order valence-corrected chi connectivity index (χ2v) is 9.06. The molecule has 0 unspecified atom stereocenters. The minimum atomic E-state index is -0.175. The van der Waals surface area contributed by atoms with Gasteiger partial charge in [-0.2, -0.15) is 5.10 Å². The number of phenolic OH excluding ortho intramolecular Hbond substituents is 1. The number of thiocarbonyl (C=S) groups is 1. The Hall–Kier alpha value is -2.40. The number of nitrogens with zero attached hydrogens (tertiary/aromatic N) is 1. The molecule has 0 radical (unpaired) electrons. The van der Waals surface area contributed by atoms with Gasteiger partial charge in [-0.05, 0) is 52.9 Å². The van der Waals surface area contributed by atoms with Gasteiger partial charge in [-0.3, -0.25) is 5.43 Å². The first-order valence-electron chi connectivity index (χ1n) is 9.01. The van der Waals surface area contributed by atoms with E-state index in [4.69, 9.17) is 12.2 Å². The summed E-state index contributed by atoms with van der Waals surface area (Å²) in [6, 6.07) is 13.6. The molecule has 5 heteroatoms. The first-order valence-corrected chi connectivity index (χ1v) is 9.42. The number of benzene rings is 2. The summed E-state index contributed by atoms with van der Waals surface area (Å²) in [7, 11) is 0. The van der Waals surface area contributed by atoms with Crippen LogP contribution in [0, 0.1) is 0 Å². The summed E-state index contributed by atoms with van der Waals surface area (Å²) >= 11 is 5.27. The molecule has 0 amide bonds. The topological polar surface area (TPSA) is 56.7 Å². The fraction of sp³-hybridized carbons (Fsp3) is 0.364. The predicted octanol–water partition coefficient (Wildman–Crippen LogP) is 5.31. The van der Waals surface area contributed by atoms with Crippen LogP contribution in [0.25, 0.3) is 0 Å². The van der Waals surface area contributed by atoms with E-state index in [9.17, 15) is 5.11 Å². The molecule has 0 atom stereocenters. The molecule has 3 N–H and O–H groups in total. The zero-order chi connectivity index (χ0) is 20.2. The van der Waals surface area contributed by atoms with Crippen LogP contribution in [-0.2, 0) is 10.8 Å². The number of rotatable bonds is 3. The van der Waals surface area contributed by atoms with Gasteiger partial charge < -0.3 is 10.4 Å². The third-order valence-electron chi connectivity index (χ3n) is 4.16. The number of hydrogen-bond donors (Lipinski definition) is 3. The summed E-state index contributed by atoms with van der Waals surface area (Å²) in [6.45, 7) is 12.5. The standard InChI is InChI=1S/C22H29N3OS/c1-21(2,3)17-12-15(13-18(19(17)26)22(4,5)6)14-23-25-20(27)24-16-10-8-7-9-11-16/h7-14,26H,1-6H3,(H2,24,25,27)/b23-14+. The number of anilines is 1. The van der Waals surface area contributed by atoms with E-state index in [2.05, 4.69) is 57.4 Å². The van der Waals surface area contributed by atoms with Crippen molar-refractivity contribution in [3.8, 4) is 5.75 Å². The van der Waals surface area contributed by atoms with Crippen LogP contribution in [0.2, 0.25) is 0 Å². The molecule has 144 valence electrons. The number of hydrogen-bond acceptors (Lipinski definition) is 3. The molecule has 0 aliphatic rings. The van der Waals surface area contributed by atoms with Crippen molar-refractivity contribution in [1.29, 1.82) is 0 Å². The van der Waals surface area contributed by atoms with Crippen molar-refractivity contribution in [2.75, 3.05) is 5.32 Å². The molecule has 0 aliphatic heterocycles. The van der Waals surface area contributed by atoms with Crippen molar-refractivity contribution in [2.45, 2.75) is 52.4 Å². The van der Waals surface area contributed by atoms with Crippen LogP contribution >= 0.6 is 12.2 Å². The highest BCUT2D eigenvalue weighted by molar-refractivity contribution is 7.80. The second kappa shape index (κ2) is 8.09. The SMILES string of the molecule is CC(C)(C)c1cc(/C=N/NC(=S)Nc2ccccc2)cc(C(C)(C)C)c1O. The monoisotopic (exact) mass is 383 g/mol. The van der Waals surface area contributed by atoms with E-state index in [1.165, 1.54) is 0 Å². The van der Waals surface area contributed by atoms with E-state index in [-0.39, 0.29) is 10.8 Å². The van der Waals surface area contributed by atoms with Crippen molar-refractivity contribution in [2.24, 2.45) is 5.10 Å². The minimum absolute atomic E-state index is 0.175. The minimum Gasteiger partial charge on any atom is -0.507 e. The lowest BCUT2D eigenvalue weighted by Gasteiger charge is -2.27. The van der Waals surface area contributed by atoms with Gasteiger partial charge in [0.15, 0.2) is 5.11 Å². The lowest BCUT2D eigenvalue weighted by molar-refractivity contribution is 0.423. The molecule has 0 heterocycles. The third kappa shape index (κ3) is 5.79. The molecular formula is C22H29N3OS. The number of phenols is 1. The number of para-hydroxylation sites is 1.